The Kier molecular flexibility index (Phi) is 7.03. The second kappa shape index (κ2) is 9.37. The van der Waals surface area contributed by atoms with E-state index in [-0.39, 0.29) is 22.6 Å². The number of rotatable bonds is 7. The number of hydrogen-bond acceptors (Lipinski definition) is 5. The highest BCUT2D eigenvalue weighted by atomic mass is 32.2. The number of sulfonamides is 2. The van der Waals surface area contributed by atoms with E-state index < -0.39 is 20.0 Å². The van der Waals surface area contributed by atoms with E-state index in [0.717, 1.165) is 5.56 Å². The average Bonchev–Trinajstić information content (AvgIpc) is 2.74. The van der Waals surface area contributed by atoms with Gasteiger partial charge in [0, 0.05) is 30.4 Å². The van der Waals surface area contributed by atoms with E-state index in [4.69, 9.17) is 0 Å². The molecule has 0 spiro atoms. The van der Waals surface area contributed by atoms with Gasteiger partial charge in [0.1, 0.15) is 0 Å². The zero-order chi connectivity index (χ0) is 22.6. The first kappa shape index (κ1) is 23.2. The molecule has 3 rings (SSSR count). The molecule has 0 atom stereocenters. The molecule has 31 heavy (non-hydrogen) atoms. The highest BCUT2D eigenvalue weighted by Crippen LogP contribution is 2.21. The van der Waals surface area contributed by atoms with Gasteiger partial charge in [-0.3, -0.25) is 9.52 Å². The molecule has 0 bridgehead atoms. The summed E-state index contributed by atoms with van der Waals surface area (Å²) in [6, 6.07) is 12.9. The fourth-order valence-electron chi connectivity index (χ4n) is 3.34. The smallest absolute Gasteiger partial charge is 0.251 e. The zero-order valence-electron chi connectivity index (χ0n) is 17.5. The van der Waals surface area contributed by atoms with Gasteiger partial charge in [0.25, 0.3) is 5.91 Å². The Morgan fingerprint density at radius 1 is 1.03 bits per heavy atom. The Morgan fingerprint density at radius 2 is 1.68 bits per heavy atom. The van der Waals surface area contributed by atoms with Crippen LogP contribution in [0.5, 0.6) is 0 Å². The van der Waals surface area contributed by atoms with Crippen LogP contribution in [0, 0.1) is 6.92 Å². The summed E-state index contributed by atoms with van der Waals surface area (Å²) in [7, 11) is -6.98. The van der Waals surface area contributed by atoms with Gasteiger partial charge in [-0.1, -0.05) is 23.8 Å². The van der Waals surface area contributed by atoms with Gasteiger partial charge in [0.2, 0.25) is 20.0 Å². The first-order chi connectivity index (χ1) is 14.6. The van der Waals surface area contributed by atoms with Crippen LogP contribution in [0.3, 0.4) is 0 Å². The van der Waals surface area contributed by atoms with E-state index >= 15 is 0 Å². The number of carbonyl (C=O) groups is 1. The molecule has 2 aromatic carbocycles. The Morgan fingerprint density at radius 3 is 2.29 bits per heavy atom. The minimum absolute atomic E-state index is 0.0620. The lowest BCUT2D eigenvalue weighted by atomic mass is 10.1. The molecule has 0 saturated carbocycles. The van der Waals surface area contributed by atoms with Gasteiger partial charge >= 0.3 is 0 Å². The predicted octanol–water partition coefficient (Wildman–Crippen LogP) is 2.34. The zero-order valence-corrected chi connectivity index (χ0v) is 19.2. The van der Waals surface area contributed by atoms with Gasteiger partial charge in [0.15, 0.2) is 0 Å². The van der Waals surface area contributed by atoms with Crippen LogP contribution < -0.4 is 10.0 Å². The van der Waals surface area contributed by atoms with Crippen LogP contribution in [-0.2, 0) is 20.0 Å². The minimum Gasteiger partial charge on any atom is -0.349 e. The summed E-state index contributed by atoms with van der Waals surface area (Å²) in [4.78, 5) is 12.9. The number of benzene rings is 2. The average molecular weight is 466 g/mol. The lowest BCUT2D eigenvalue weighted by Gasteiger charge is -2.31. The summed E-state index contributed by atoms with van der Waals surface area (Å²) in [5, 5.41) is 2.92. The van der Waals surface area contributed by atoms with Gasteiger partial charge in [-0.2, -0.15) is 4.31 Å². The maximum atomic E-state index is 12.8. The molecule has 168 valence electrons. The van der Waals surface area contributed by atoms with Gasteiger partial charge in [-0.15, -0.1) is 0 Å². The van der Waals surface area contributed by atoms with E-state index in [9.17, 15) is 21.6 Å². The summed E-state index contributed by atoms with van der Waals surface area (Å²) in [6.45, 7) is 4.07. The van der Waals surface area contributed by atoms with Gasteiger partial charge in [-0.25, -0.2) is 16.8 Å². The molecule has 1 aliphatic rings. The van der Waals surface area contributed by atoms with E-state index in [1.807, 2.05) is 6.92 Å². The molecule has 2 N–H and O–H groups in total. The van der Waals surface area contributed by atoms with Crippen LogP contribution in [0.15, 0.2) is 53.4 Å². The van der Waals surface area contributed by atoms with Crippen molar-refractivity contribution in [2.24, 2.45) is 0 Å². The van der Waals surface area contributed by atoms with E-state index in [0.29, 0.717) is 37.2 Å². The third-order valence-corrected chi connectivity index (χ3v) is 8.45. The number of hydrogen-bond donors (Lipinski definition) is 2. The van der Waals surface area contributed by atoms with Crippen molar-refractivity contribution in [3.8, 4) is 0 Å². The molecule has 8 nitrogen and oxygen atoms in total. The summed E-state index contributed by atoms with van der Waals surface area (Å²) in [5.74, 6) is -0.384. The van der Waals surface area contributed by atoms with Crippen LogP contribution in [0.1, 0.15) is 35.7 Å². The Balaban J connectivity index is 1.60. The Hall–Kier alpha value is -2.43. The molecule has 0 unspecified atom stereocenters. The largest absolute Gasteiger partial charge is 0.349 e. The maximum absolute atomic E-state index is 12.8. The van der Waals surface area contributed by atoms with Crippen molar-refractivity contribution < 1.29 is 21.6 Å². The second-order valence-corrected chi connectivity index (χ2v) is 11.5. The number of anilines is 1. The fourth-order valence-corrected chi connectivity index (χ4v) is 5.44. The van der Waals surface area contributed by atoms with Crippen molar-refractivity contribution in [3.05, 3.63) is 59.7 Å². The van der Waals surface area contributed by atoms with E-state index in [1.165, 1.54) is 17.3 Å². The number of nitrogens with zero attached hydrogens (tertiary/aromatic N) is 1. The third kappa shape index (κ3) is 5.84. The van der Waals surface area contributed by atoms with Crippen molar-refractivity contribution in [2.75, 3.05) is 23.6 Å². The van der Waals surface area contributed by atoms with Gasteiger partial charge < -0.3 is 5.32 Å². The number of amides is 1. The third-order valence-electron chi connectivity index (χ3n) is 5.23. The summed E-state index contributed by atoms with van der Waals surface area (Å²) < 4.78 is 53.0. The second-order valence-electron chi connectivity index (χ2n) is 7.55. The molecule has 0 aromatic heterocycles. The molecule has 10 heteroatoms. The van der Waals surface area contributed by atoms with Crippen molar-refractivity contribution in [2.45, 2.75) is 37.6 Å². The monoisotopic (exact) mass is 465 g/mol. The van der Waals surface area contributed by atoms with Gasteiger partial charge in [0.05, 0.1) is 10.6 Å². The Labute approximate surface area is 183 Å². The molecule has 1 heterocycles. The molecule has 2 aromatic rings. The number of carbonyl (C=O) groups excluding carboxylic acids is 1. The molecular weight excluding hydrogens is 438 g/mol. The molecule has 1 fully saturated rings. The standard InChI is InChI=1S/C21H27N3O5S2/c1-3-30(26,27)23-19-6-4-5-17(15-19)21(25)22-18-11-13-24(14-12-18)31(28,29)20-9-7-16(2)8-10-20/h4-10,15,18,23H,3,11-14H2,1-2H3,(H,22,25). The quantitative estimate of drug-likeness (QED) is 0.652. The summed E-state index contributed by atoms with van der Waals surface area (Å²) >= 11 is 0. The molecule has 0 aliphatic carbocycles. The van der Waals surface area contributed by atoms with E-state index in [1.54, 1.807) is 42.5 Å². The van der Waals surface area contributed by atoms with Crippen LogP contribution in [0.2, 0.25) is 0 Å². The van der Waals surface area contributed by atoms with E-state index in [2.05, 4.69) is 10.0 Å². The molecule has 1 saturated heterocycles. The lowest BCUT2D eigenvalue weighted by molar-refractivity contribution is 0.0924. The van der Waals surface area contributed by atoms with Gasteiger partial charge in [-0.05, 0) is 57.0 Å². The maximum Gasteiger partial charge on any atom is 0.251 e. The van der Waals surface area contributed by atoms with Crippen molar-refractivity contribution in [3.63, 3.8) is 0 Å². The summed E-state index contributed by atoms with van der Waals surface area (Å²) in [6.07, 6.45) is 0.998. The first-order valence-electron chi connectivity index (χ1n) is 10.1. The van der Waals surface area contributed by atoms with Crippen LogP contribution >= 0.6 is 0 Å². The van der Waals surface area contributed by atoms with Crippen molar-refractivity contribution >= 4 is 31.6 Å². The molecule has 0 radical (unpaired) electrons. The lowest BCUT2D eigenvalue weighted by Crippen LogP contribution is -2.46. The van der Waals surface area contributed by atoms with Crippen LogP contribution in [0.25, 0.3) is 0 Å². The summed E-state index contributed by atoms with van der Waals surface area (Å²) in [5.41, 5.74) is 1.66. The minimum atomic E-state index is -3.55. The van der Waals surface area contributed by atoms with Crippen LogP contribution in [-0.4, -0.2) is 51.9 Å². The Bertz CT molecular complexity index is 1140. The van der Waals surface area contributed by atoms with Crippen LogP contribution in [0.4, 0.5) is 5.69 Å². The highest BCUT2D eigenvalue weighted by molar-refractivity contribution is 7.92. The van der Waals surface area contributed by atoms with Crippen molar-refractivity contribution in [1.82, 2.24) is 9.62 Å². The highest BCUT2D eigenvalue weighted by Gasteiger charge is 2.30. The normalized spacial score (nSPS) is 16.1. The topological polar surface area (TPSA) is 113 Å². The first-order valence-corrected chi connectivity index (χ1v) is 13.2. The molecular formula is C21H27N3O5S2. The fraction of sp³-hybridized carbons (Fsp3) is 0.381. The predicted molar refractivity (Wildman–Crippen MR) is 120 cm³/mol. The number of piperidine rings is 1. The molecule has 1 amide bonds. The van der Waals surface area contributed by atoms with Crippen molar-refractivity contribution in [1.29, 1.82) is 0 Å². The molecule has 1 aliphatic heterocycles. The number of aryl methyl sites for hydroxylation is 1. The SMILES string of the molecule is CCS(=O)(=O)Nc1cccc(C(=O)NC2CCN(S(=O)(=O)c3ccc(C)cc3)CC2)c1. The number of nitrogens with one attached hydrogen (secondary N) is 2.